The quantitative estimate of drug-likeness (QED) is 0.440. The summed E-state index contributed by atoms with van der Waals surface area (Å²) in [5.41, 5.74) is 8.14. The molecule has 5 nitrogen and oxygen atoms in total. The molecule has 2 aromatic heterocycles. The Kier molecular flexibility index (Phi) is 6.34. The van der Waals surface area contributed by atoms with Crippen molar-refractivity contribution in [3.63, 3.8) is 0 Å². The summed E-state index contributed by atoms with van der Waals surface area (Å²) in [6, 6.07) is 22.2. The van der Waals surface area contributed by atoms with Gasteiger partial charge >= 0.3 is 0 Å². The van der Waals surface area contributed by atoms with Gasteiger partial charge in [0.15, 0.2) is 0 Å². The van der Waals surface area contributed by atoms with Crippen LogP contribution in [0.3, 0.4) is 0 Å². The first-order valence-corrected chi connectivity index (χ1v) is 10.5. The molecule has 5 heteroatoms. The number of nitrogens with one attached hydrogen (secondary N) is 1. The Morgan fingerprint density at radius 2 is 1.52 bits per heavy atom. The summed E-state index contributed by atoms with van der Waals surface area (Å²) >= 11 is 0. The van der Waals surface area contributed by atoms with Crippen molar-refractivity contribution in [2.45, 2.75) is 24.8 Å². The average molecular weight is 411 g/mol. The number of fused-ring (bicyclic) bond motifs is 1. The van der Waals surface area contributed by atoms with Gasteiger partial charge < -0.3 is 5.73 Å². The zero-order valence-corrected chi connectivity index (χ0v) is 17.4. The van der Waals surface area contributed by atoms with E-state index in [0.29, 0.717) is 19.4 Å². The van der Waals surface area contributed by atoms with E-state index in [1.165, 1.54) is 0 Å². The second-order valence-electron chi connectivity index (χ2n) is 7.73. The fourth-order valence-corrected chi connectivity index (χ4v) is 3.99. The van der Waals surface area contributed by atoms with Crippen molar-refractivity contribution in [2.24, 2.45) is 5.73 Å². The van der Waals surface area contributed by atoms with Crippen molar-refractivity contribution in [2.75, 3.05) is 6.54 Å². The lowest BCUT2D eigenvalue weighted by Crippen LogP contribution is -2.53. The number of pyridine rings is 2. The number of carbonyl (C=O) groups is 1. The number of carbonyl (C=O) groups excluding carboxylic acids is 1. The summed E-state index contributed by atoms with van der Waals surface area (Å²) < 4.78 is 0. The summed E-state index contributed by atoms with van der Waals surface area (Å²) in [6.45, 7) is 0.606. The molecule has 0 bridgehead atoms. The SMILES string of the molecule is NC(=O)C(CCc1cccnc1)(NCCc1cccnc1)c1ccc2ccccc2c1. The second-order valence-corrected chi connectivity index (χ2v) is 7.73. The van der Waals surface area contributed by atoms with Gasteiger partial charge in [-0.25, -0.2) is 0 Å². The van der Waals surface area contributed by atoms with Gasteiger partial charge in [0.25, 0.3) is 0 Å². The number of amides is 1. The van der Waals surface area contributed by atoms with Gasteiger partial charge in [0.05, 0.1) is 0 Å². The van der Waals surface area contributed by atoms with E-state index in [1.807, 2.05) is 54.9 Å². The van der Waals surface area contributed by atoms with E-state index in [2.05, 4.69) is 39.6 Å². The third-order valence-corrected chi connectivity index (χ3v) is 5.74. The molecule has 3 N–H and O–H groups in total. The van der Waals surface area contributed by atoms with E-state index in [4.69, 9.17) is 5.73 Å². The number of aryl methyl sites for hydroxylation is 1. The summed E-state index contributed by atoms with van der Waals surface area (Å²) in [5.74, 6) is -0.377. The first kappa shape index (κ1) is 20.7. The molecule has 1 atom stereocenters. The molecule has 0 radical (unpaired) electrons. The number of aromatic nitrogens is 2. The number of rotatable bonds is 9. The van der Waals surface area contributed by atoms with Crippen LogP contribution in [0.15, 0.2) is 91.5 Å². The van der Waals surface area contributed by atoms with E-state index in [9.17, 15) is 4.79 Å². The van der Waals surface area contributed by atoms with E-state index >= 15 is 0 Å². The van der Waals surface area contributed by atoms with E-state index < -0.39 is 5.54 Å². The number of nitrogens with two attached hydrogens (primary N) is 1. The lowest BCUT2D eigenvalue weighted by Gasteiger charge is -2.33. The molecule has 0 aliphatic rings. The lowest BCUT2D eigenvalue weighted by molar-refractivity contribution is -0.125. The number of nitrogens with zero attached hydrogens (tertiary/aromatic N) is 2. The molecule has 0 aliphatic heterocycles. The Morgan fingerprint density at radius 1 is 0.839 bits per heavy atom. The minimum Gasteiger partial charge on any atom is -0.368 e. The first-order valence-electron chi connectivity index (χ1n) is 10.5. The van der Waals surface area contributed by atoms with Crippen LogP contribution in [0.4, 0.5) is 0 Å². The van der Waals surface area contributed by atoms with E-state index in [1.54, 1.807) is 12.4 Å². The van der Waals surface area contributed by atoms with Gasteiger partial charge in [0, 0.05) is 31.3 Å². The highest BCUT2D eigenvalue weighted by Gasteiger charge is 2.37. The Hall–Kier alpha value is -3.57. The number of hydrogen-bond donors (Lipinski definition) is 2. The predicted molar refractivity (Wildman–Crippen MR) is 123 cm³/mol. The highest BCUT2D eigenvalue weighted by Crippen LogP contribution is 2.30. The van der Waals surface area contributed by atoms with Crippen LogP contribution < -0.4 is 11.1 Å². The smallest absolute Gasteiger partial charge is 0.242 e. The molecule has 156 valence electrons. The largest absolute Gasteiger partial charge is 0.368 e. The minimum atomic E-state index is -0.984. The maximum Gasteiger partial charge on any atom is 0.242 e. The summed E-state index contributed by atoms with van der Waals surface area (Å²) in [4.78, 5) is 21.3. The Labute approximate surface area is 182 Å². The van der Waals surface area contributed by atoms with E-state index in [-0.39, 0.29) is 5.91 Å². The normalized spacial score (nSPS) is 13.0. The topological polar surface area (TPSA) is 80.9 Å². The van der Waals surface area contributed by atoms with Gasteiger partial charge in [-0.15, -0.1) is 0 Å². The van der Waals surface area contributed by atoms with E-state index in [0.717, 1.165) is 33.9 Å². The fourth-order valence-electron chi connectivity index (χ4n) is 3.99. The molecule has 0 saturated carbocycles. The average Bonchev–Trinajstić information content (AvgIpc) is 2.82. The Bertz CT molecular complexity index is 1150. The molecular formula is C26H26N4O. The van der Waals surface area contributed by atoms with Gasteiger partial charge in [0.1, 0.15) is 5.54 Å². The number of hydrogen-bond acceptors (Lipinski definition) is 4. The zero-order valence-electron chi connectivity index (χ0n) is 17.4. The van der Waals surface area contributed by atoms with Crippen LogP contribution in [0, 0.1) is 0 Å². The summed E-state index contributed by atoms with van der Waals surface area (Å²) in [5, 5.41) is 5.73. The molecule has 2 heterocycles. The minimum absolute atomic E-state index is 0.377. The first-order chi connectivity index (χ1) is 15.2. The van der Waals surface area contributed by atoms with Crippen molar-refractivity contribution in [1.29, 1.82) is 0 Å². The van der Waals surface area contributed by atoms with Crippen LogP contribution in [0.5, 0.6) is 0 Å². The molecule has 0 saturated heterocycles. The van der Waals surface area contributed by atoms with Gasteiger partial charge in [-0.2, -0.15) is 0 Å². The number of primary amides is 1. The van der Waals surface area contributed by atoms with Crippen LogP contribution in [0.2, 0.25) is 0 Å². The zero-order chi connectivity index (χ0) is 21.5. The molecule has 0 aliphatic carbocycles. The highest BCUT2D eigenvalue weighted by atomic mass is 16.1. The summed E-state index contributed by atoms with van der Waals surface area (Å²) in [6.07, 6.45) is 9.17. The van der Waals surface area contributed by atoms with Gasteiger partial charge in [-0.1, -0.05) is 48.5 Å². The van der Waals surface area contributed by atoms with Gasteiger partial charge in [0.2, 0.25) is 5.91 Å². The number of benzene rings is 2. The molecule has 0 fully saturated rings. The van der Waals surface area contributed by atoms with Crippen molar-refractivity contribution >= 4 is 16.7 Å². The third kappa shape index (κ3) is 4.78. The Morgan fingerprint density at radius 3 is 2.16 bits per heavy atom. The lowest BCUT2D eigenvalue weighted by atomic mass is 9.82. The molecule has 1 amide bonds. The van der Waals surface area contributed by atoms with Crippen molar-refractivity contribution < 1.29 is 4.79 Å². The second kappa shape index (κ2) is 9.49. The van der Waals surface area contributed by atoms with Crippen molar-refractivity contribution in [3.05, 3.63) is 108 Å². The molecule has 0 spiro atoms. The van der Waals surface area contributed by atoms with Crippen LogP contribution in [0.25, 0.3) is 10.8 Å². The predicted octanol–water partition coefficient (Wildman–Crippen LogP) is 3.78. The molecule has 31 heavy (non-hydrogen) atoms. The maximum absolute atomic E-state index is 13.0. The monoisotopic (exact) mass is 410 g/mol. The fraction of sp³-hybridized carbons (Fsp3) is 0.192. The molecule has 1 unspecified atom stereocenters. The van der Waals surface area contributed by atoms with Crippen molar-refractivity contribution in [1.82, 2.24) is 15.3 Å². The Balaban J connectivity index is 1.66. The van der Waals surface area contributed by atoms with Crippen LogP contribution in [-0.2, 0) is 23.2 Å². The molecule has 4 aromatic rings. The molecule has 2 aromatic carbocycles. The van der Waals surface area contributed by atoms with Gasteiger partial charge in [-0.3, -0.25) is 20.1 Å². The van der Waals surface area contributed by atoms with Crippen LogP contribution >= 0.6 is 0 Å². The standard InChI is InChI=1S/C26H26N4O/c27-25(31)26(13-11-20-5-3-14-28-18-20,30-16-12-21-6-4-15-29-19-21)24-10-9-22-7-1-2-8-23(22)17-24/h1-10,14-15,17-19,30H,11-13,16H2,(H2,27,31). The maximum atomic E-state index is 13.0. The third-order valence-electron chi connectivity index (χ3n) is 5.74. The molecule has 4 rings (SSSR count). The molecular weight excluding hydrogens is 384 g/mol. The van der Waals surface area contributed by atoms with Crippen LogP contribution in [0.1, 0.15) is 23.1 Å². The van der Waals surface area contributed by atoms with Crippen molar-refractivity contribution in [3.8, 4) is 0 Å². The van der Waals surface area contributed by atoms with Crippen LogP contribution in [-0.4, -0.2) is 22.4 Å². The highest BCUT2D eigenvalue weighted by molar-refractivity contribution is 5.89. The van der Waals surface area contributed by atoms with Gasteiger partial charge in [-0.05, 0) is 64.9 Å². The summed E-state index contributed by atoms with van der Waals surface area (Å²) in [7, 11) is 0.